The molecule has 0 saturated heterocycles. The third-order valence-electron chi connectivity index (χ3n) is 3.99. The Balaban J connectivity index is 0.00000529. The van der Waals surface area contributed by atoms with Gasteiger partial charge in [0.05, 0.1) is 0 Å². The highest BCUT2D eigenvalue weighted by molar-refractivity contribution is 14.0. The van der Waals surface area contributed by atoms with Gasteiger partial charge in [0.1, 0.15) is 0 Å². The molecule has 1 aromatic carbocycles. The third kappa shape index (κ3) is 9.84. The van der Waals surface area contributed by atoms with Crippen molar-refractivity contribution in [3.8, 4) is 0 Å². The van der Waals surface area contributed by atoms with Gasteiger partial charge in [0, 0.05) is 24.1 Å². The molecule has 24 heavy (non-hydrogen) atoms. The zero-order valence-electron chi connectivity index (χ0n) is 15.3. The van der Waals surface area contributed by atoms with Crippen LogP contribution in [-0.4, -0.2) is 43.6 Å². The molecule has 138 valence electrons. The maximum Gasteiger partial charge on any atom is 0.191 e. The van der Waals surface area contributed by atoms with E-state index in [0.717, 1.165) is 36.5 Å². The quantitative estimate of drug-likeness (QED) is 0.296. The molecule has 4 nitrogen and oxygen atoms in total. The molecule has 1 unspecified atom stereocenters. The van der Waals surface area contributed by atoms with E-state index >= 15 is 0 Å². The number of guanidine groups is 1. The lowest BCUT2D eigenvalue weighted by Crippen LogP contribution is -2.42. The van der Waals surface area contributed by atoms with Crippen LogP contribution in [0.4, 0.5) is 0 Å². The van der Waals surface area contributed by atoms with Crippen LogP contribution in [0, 0.1) is 0 Å². The summed E-state index contributed by atoms with van der Waals surface area (Å²) in [6.45, 7) is 10.9. The number of benzene rings is 1. The first-order valence-electron chi connectivity index (χ1n) is 8.53. The van der Waals surface area contributed by atoms with E-state index in [1.165, 1.54) is 18.5 Å². The molecule has 1 aromatic rings. The Labute approximate surface area is 173 Å². The third-order valence-corrected chi connectivity index (χ3v) is 4.51. The normalized spacial score (nSPS) is 12.7. The molecule has 0 radical (unpaired) electrons. The van der Waals surface area contributed by atoms with Gasteiger partial charge in [0.2, 0.25) is 0 Å². The smallest absolute Gasteiger partial charge is 0.191 e. The van der Waals surface area contributed by atoms with E-state index in [-0.39, 0.29) is 24.0 Å². The van der Waals surface area contributed by atoms with Crippen molar-refractivity contribution < 1.29 is 0 Å². The second-order valence-electron chi connectivity index (χ2n) is 5.77. The van der Waals surface area contributed by atoms with Gasteiger partial charge in [0.25, 0.3) is 0 Å². The maximum absolute atomic E-state index is 4.31. The Hall–Kier alpha value is -0.340. The van der Waals surface area contributed by atoms with Crippen molar-refractivity contribution in [3.05, 3.63) is 34.3 Å². The van der Waals surface area contributed by atoms with Gasteiger partial charge in [0.15, 0.2) is 5.96 Å². The number of nitrogens with zero attached hydrogens (tertiary/aromatic N) is 2. The molecule has 0 saturated carbocycles. The second kappa shape index (κ2) is 13.9. The monoisotopic (exact) mass is 510 g/mol. The topological polar surface area (TPSA) is 39.7 Å². The minimum Gasteiger partial charge on any atom is -0.354 e. The Kier molecular flexibility index (Phi) is 13.7. The van der Waals surface area contributed by atoms with Crippen LogP contribution < -0.4 is 10.6 Å². The van der Waals surface area contributed by atoms with Gasteiger partial charge in [-0.1, -0.05) is 41.9 Å². The maximum atomic E-state index is 4.31. The summed E-state index contributed by atoms with van der Waals surface area (Å²) in [5, 5.41) is 6.84. The summed E-state index contributed by atoms with van der Waals surface area (Å²) in [4.78, 5) is 6.78. The van der Waals surface area contributed by atoms with E-state index in [1.54, 1.807) is 0 Å². The number of hydrogen-bond donors (Lipinski definition) is 2. The number of aliphatic imine (C=N–C) groups is 1. The Morgan fingerprint density at radius 2 is 1.83 bits per heavy atom. The Morgan fingerprint density at radius 3 is 2.38 bits per heavy atom. The van der Waals surface area contributed by atoms with E-state index in [2.05, 4.69) is 81.5 Å². The van der Waals surface area contributed by atoms with Gasteiger partial charge in [-0.15, -0.1) is 24.0 Å². The molecule has 0 aliphatic carbocycles. The fraction of sp³-hybridized carbons (Fsp3) is 0.611. The predicted molar refractivity (Wildman–Crippen MR) is 119 cm³/mol. The summed E-state index contributed by atoms with van der Waals surface area (Å²) < 4.78 is 1.10. The average Bonchev–Trinajstić information content (AvgIpc) is 2.57. The van der Waals surface area contributed by atoms with Crippen molar-refractivity contribution in [2.75, 3.05) is 26.7 Å². The van der Waals surface area contributed by atoms with Crippen LogP contribution in [0.15, 0.2) is 33.7 Å². The number of halogens is 2. The van der Waals surface area contributed by atoms with Crippen LogP contribution in [0.1, 0.15) is 39.2 Å². The summed E-state index contributed by atoms with van der Waals surface area (Å²) >= 11 is 3.46. The van der Waals surface area contributed by atoms with Crippen LogP contribution in [0.5, 0.6) is 0 Å². The van der Waals surface area contributed by atoms with Gasteiger partial charge < -0.3 is 15.5 Å². The van der Waals surface area contributed by atoms with Crippen molar-refractivity contribution in [2.24, 2.45) is 4.99 Å². The zero-order valence-corrected chi connectivity index (χ0v) is 19.2. The number of hydrogen-bond acceptors (Lipinski definition) is 2. The van der Waals surface area contributed by atoms with E-state index in [1.807, 2.05) is 7.05 Å². The van der Waals surface area contributed by atoms with Crippen molar-refractivity contribution in [1.82, 2.24) is 15.5 Å². The van der Waals surface area contributed by atoms with Crippen molar-refractivity contribution >= 4 is 45.9 Å². The average molecular weight is 511 g/mol. The molecule has 6 heteroatoms. The Morgan fingerprint density at radius 1 is 1.21 bits per heavy atom. The molecule has 0 bridgehead atoms. The lowest BCUT2D eigenvalue weighted by molar-refractivity contribution is 0.292. The fourth-order valence-corrected chi connectivity index (χ4v) is 2.71. The highest BCUT2D eigenvalue weighted by Gasteiger charge is 2.06. The molecule has 0 aliphatic heterocycles. The molecule has 1 atom stereocenters. The summed E-state index contributed by atoms with van der Waals surface area (Å²) in [6.07, 6.45) is 2.36. The van der Waals surface area contributed by atoms with E-state index < -0.39 is 0 Å². The van der Waals surface area contributed by atoms with Crippen molar-refractivity contribution in [2.45, 2.75) is 46.2 Å². The fourth-order valence-electron chi connectivity index (χ4n) is 2.45. The highest BCUT2D eigenvalue weighted by atomic mass is 127. The largest absolute Gasteiger partial charge is 0.354 e. The molecule has 1 rings (SSSR count). The summed E-state index contributed by atoms with van der Waals surface area (Å²) in [7, 11) is 1.82. The molecule has 0 amide bonds. The zero-order chi connectivity index (χ0) is 17.1. The lowest BCUT2D eigenvalue weighted by Gasteiger charge is -2.21. The van der Waals surface area contributed by atoms with Gasteiger partial charge >= 0.3 is 0 Å². The number of nitrogens with one attached hydrogen (secondary N) is 2. The number of rotatable bonds is 9. The molecule has 0 fully saturated rings. The van der Waals surface area contributed by atoms with Gasteiger partial charge in [-0.05, 0) is 57.1 Å². The van der Waals surface area contributed by atoms with Crippen molar-refractivity contribution in [3.63, 3.8) is 0 Å². The van der Waals surface area contributed by atoms with Crippen LogP contribution in [0.2, 0.25) is 0 Å². The van der Waals surface area contributed by atoms with Gasteiger partial charge in [-0.25, -0.2) is 0 Å². The minimum absolute atomic E-state index is 0. The highest BCUT2D eigenvalue weighted by Crippen LogP contribution is 2.10. The van der Waals surface area contributed by atoms with E-state index in [4.69, 9.17) is 0 Å². The van der Waals surface area contributed by atoms with Gasteiger partial charge in [-0.3, -0.25) is 4.99 Å². The van der Waals surface area contributed by atoms with E-state index in [0.29, 0.717) is 6.04 Å². The molecular formula is C18H32BrIN4. The first-order chi connectivity index (χ1) is 11.1. The standard InChI is InChI=1S/C18H31BrN4.HI/c1-5-23(6-2)13-7-8-15(3)22-18(20-4)21-14-16-9-11-17(19)12-10-16;/h9-12,15H,5-8,13-14H2,1-4H3,(H2,20,21,22);1H. The summed E-state index contributed by atoms with van der Waals surface area (Å²) in [6, 6.07) is 8.75. The van der Waals surface area contributed by atoms with E-state index in [9.17, 15) is 0 Å². The van der Waals surface area contributed by atoms with Crippen LogP contribution >= 0.6 is 39.9 Å². The summed E-state index contributed by atoms with van der Waals surface area (Å²) in [5.41, 5.74) is 1.24. The SMILES string of the molecule is CCN(CC)CCCC(C)NC(=NC)NCc1ccc(Br)cc1.I. The van der Waals surface area contributed by atoms with Crippen LogP contribution in [0.25, 0.3) is 0 Å². The molecule has 0 spiro atoms. The van der Waals surface area contributed by atoms with Crippen LogP contribution in [-0.2, 0) is 6.54 Å². The lowest BCUT2D eigenvalue weighted by atomic mass is 10.2. The minimum atomic E-state index is 0. The molecule has 0 heterocycles. The molecule has 2 N–H and O–H groups in total. The predicted octanol–water partition coefficient (Wildman–Crippen LogP) is 4.24. The van der Waals surface area contributed by atoms with Crippen LogP contribution in [0.3, 0.4) is 0 Å². The van der Waals surface area contributed by atoms with Crippen molar-refractivity contribution in [1.29, 1.82) is 0 Å². The summed E-state index contributed by atoms with van der Waals surface area (Å²) in [5.74, 6) is 0.864. The first kappa shape index (κ1) is 23.7. The van der Waals surface area contributed by atoms with Gasteiger partial charge in [-0.2, -0.15) is 0 Å². The Bertz CT molecular complexity index is 461. The molecular weight excluding hydrogens is 479 g/mol. The molecule has 0 aliphatic rings. The molecule has 0 aromatic heterocycles. The second-order valence-corrected chi connectivity index (χ2v) is 6.68. The first-order valence-corrected chi connectivity index (χ1v) is 9.32.